The molecule has 5 aliphatic carbocycles. The average Bonchev–Trinajstić information content (AvgIpc) is 0.783. The van der Waals surface area contributed by atoms with Crippen molar-refractivity contribution in [3.63, 3.8) is 0 Å². The van der Waals surface area contributed by atoms with E-state index in [0.717, 1.165) is 32.1 Å². The van der Waals surface area contributed by atoms with Gasteiger partial charge in [-0.3, -0.25) is 4.79 Å². The van der Waals surface area contributed by atoms with Gasteiger partial charge in [0.15, 0.2) is 31.3 Å². The van der Waals surface area contributed by atoms with Gasteiger partial charge in [-0.15, -0.1) is 0 Å². The summed E-state index contributed by atoms with van der Waals surface area (Å²) >= 11 is 0. The fraction of sp³-hybridized carbons (Fsp3) is 0.948. The lowest BCUT2D eigenvalue weighted by Crippen LogP contribution is -2.67. The molecule has 10 aliphatic rings. The highest BCUT2D eigenvalue weighted by Crippen LogP contribution is 2.76. The molecule has 14 N–H and O–H groups in total. The van der Waals surface area contributed by atoms with E-state index < -0.39 is 184 Å². The van der Waals surface area contributed by atoms with E-state index in [2.05, 4.69) is 54.5 Å². The van der Waals surface area contributed by atoms with Crippen LogP contribution >= 0.6 is 0 Å². The second kappa shape index (κ2) is 23.6. The Morgan fingerprint density at radius 2 is 1.08 bits per heavy atom. The van der Waals surface area contributed by atoms with Crippen LogP contribution in [-0.4, -0.2) is 251 Å². The van der Waals surface area contributed by atoms with Crippen LogP contribution in [-0.2, 0) is 52.2 Å². The molecule has 5 heterocycles. The predicted molar refractivity (Wildman–Crippen MR) is 282 cm³/mol. The molecule has 0 amide bonds. The van der Waals surface area contributed by atoms with Gasteiger partial charge < -0.3 is 119 Å². The molecule has 0 bridgehead atoms. The van der Waals surface area contributed by atoms with Gasteiger partial charge in [0.25, 0.3) is 0 Å². The molecule has 4 saturated carbocycles. The minimum absolute atomic E-state index is 0.103. The van der Waals surface area contributed by atoms with Crippen LogP contribution < -0.4 is 0 Å². The van der Waals surface area contributed by atoms with E-state index in [1.54, 1.807) is 0 Å². The summed E-state index contributed by atoms with van der Waals surface area (Å²) in [5.74, 6) is -0.478. The van der Waals surface area contributed by atoms with E-state index in [9.17, 15) is 71.5 Å². The normalized spacial score (nSPS) is 54.2. The first-order valence-electron chi connectivity index (χ1n) is 30.0. The van der Waals surface area contributed by atoms with Crippen molar-refractivity contribution in [3.05, 3.63) is 11.6 Å². The number of hydrogen-bond acceptors (Lipinski definition) is 25. The summed E-state index contributed by atoms with van der Waals surface area (Å²) in [5, 5.41) is 150. The summed E-state index contributed by atoms with van der Waals surface area (Å²) in [6.07, 6.45) is -27.2. The summed E-state index contributed by atoms with van der Waals surface area (Å²) in [4.78, 5) is 15.4. The van der Waals surface area contributed by atoms with Crippen molar-refractivity contribution in [2.75, 3.05) is 26.4 Å². The molecular formula is C58H94O25. The molecule has 0 aromatic carbocycles. The number of ether oxygens (including phenoxy) is 10. The van der Waals surface area contributed by atoms with Gasteiger partial charge in [-0.1, -0.05) is 60.1 Å². The molecule has 23 unspecified atom stereocenters. The lowest BCUT2D eigenvalue weighted by Gasteiger charge is -2.71. The van der Waals surface area contributed by atoms with Crippen LogP contribution in [0, 0.1) is 50.2 Å². The van der Waals surface area contributed by atoms with Crippen molar-refractivity contribution in [2.24, 2.45) is 50.2 Å². The molecule has 5 aliphatic heterocycles. The molecule has 0 aromatic rings. The largest absolute Gasteiger partial charge is 0.432 e. The first-order valence-corrected chi connectivity index (χ1v) is 30.0. The number of aliphatic hydroxyl groups is 14. The maximum absolute atomic E-state index is 15.4. The quantitative estimate of drug-likeness (QED) is 0.0576. The number of carbonyl (C=O) groups is 1. The molecule has 25 nitrogen and oxygen atoms in total. The summed E-state index contributed by atoms with van der Waals surface area (Å²) < 4.78 is 60.1. The van der Waals surface area contributed by atoms with Crippen LogP contribution in [0.15, 0.2) is 11.6 Å². The van der Waals surface area contributed by atoms with Crippen LogP contribution in [0.4, 0.5) is 0 Å². The van der Waals surface area contributed by atoms with Gasteiger partial charge in [0.05, 0.1) is 44.1 Å². The molecular weight excluding hydrogens is 1100 g/mol. The van der Waals surface area contributed by atoms with Gasteiger partial charge in [0.2, 0.25) is 6.29 Å². The Bertz CT molecular complexity index is 2310. The molecule has 31 atom stereocenters. The Labute approximate surface area is 483 Å². The smallest absolute Gasteiger partial charge is 0.315 e. The van der Waals surface area contributed by atoms with Crippen molar-refractivity contribution in [1.82, 2.24) is 0 Å². The van der Waals surface area contributed by atoms with Crippen molar-refractivity contribution < 1.29 is 124 Å². The maximum atomic E-state index is 15.4. The van der Waals surface area contributed by atoms with Gasteiger partial charge in [-0.05, 0) is 116 Å². The Morgan fingerprint density at radius 3 is 1.75 bits per heavy atom. The van der Waals surface area contributed by atoms with Crippen LogP contribution in [0.1, 0.15) is 120 Å². The predicted octanol–water partition coefficient (Wildman–Crippen LogP) is -1.91. The monoisotopic (exact) mass is 1190 g/mol. The lowest BCUT2D eigenvalue weighted by molar-refractivity contribution is -0.378. The zero-order valence-electron chi connectivity index (χ0n) is 48.8. The Morgan fingerprint density at radius 1 is 0.542 bits per heavy atom. The molecule has 9 fully saturated rings. The minimum atomic E-state index is -1.85. The number of esters is 1. The highest BCUT2D eigenvalue weighted by molar-refractivity contribution is 5.79. The fourth-order valence-corrected chi connectivity index (χ4v) is 17.4. The maximum Gasteiger partial charge on any atom is 0.315 e. The first-order chi connectivity index (χ1) is 38.9. The molecule has 0 radical (unpaired) electrons. The van der Waals surface area contributed by atoms with Crippen LogP contribution in [0.2, 0.25) is 0 Å². The number of allylic oxidation sites excluding steroid dienone is 2. The number of rotatable bonds is 12. The SMILES string of the molecule is CC1OC(OC2C(OC(=O)[C@]34CCC(C)(C)C[C@H]3C3=CC[C@@H]5[C@@]6(C)CC[C@H](OC7OC(CO)C(O)C(O)C7OC7OC(CO)C(O)C(O)C7O)C(C)(C)[C@@H]6CC[C@@]5(C)[C@]3(C)CC4)OCC(O)C2O)C(O)C(O)C1OC1OCC(O)C(O)C1O. The zero-order chi connectivity index (χ0) is 60.4. The van der Waals surface area contributed by atoms with Crippen molar-refractivity contribution in [2.45, 2.75) is 267 Å². The van der Waals surface area contributed by atoms with E-state index in [-0.39, 0.29) is 46.0 Å². The fourth-order valence-electron chi connectivity index (χ4n) is 17.4. The van der Waals surface area contributed by atoms with E-state index in [0.29, 0.717) is 32.1 Å². The van der Waals surface area contributed by atoms with E-state index in [4.69, 9.17) is 47.4 Å². The van der Waals surface area contributed by atoms with Crippen LogP contribution in [0.3, 0.4) is 0 Å². The Kier molecular flexibility index (Phi) is 18.3. The summed E-state index contributed by atoms with van der Waals surface area (Å²) in [7, 11) is 0. The number of aliphatic hydroxyl groups excluding tert-OH is 14. The molecule has 0 spiro atoms. The standard InChI is InChI=1S/C58H94O25/c1-24-44(80-47-41(70)34(63)27(61)22-74-47)40(69)43(72)48(76-24)81-45-35(64)28(62)23-75-50(45)83-52(73)58-17-15-53(2,3)19-26(58)25-9-10-32-55(6)13-12-33(54(4,5)31(55)11-14-57(32,8)56(25,7)16-18-58)79-51-46(39(68)37(66)30(21-60)78-51)82-49-42(71)38(67)36(65)29(20-59)77-49/h9,24,26-51,59-72H,10-23H2,1-8H3/t24?,26-,27?,28?,29?,30?,31-,32+,33-,34?,35?,36?,37?,38?,39?,40?,41?,42?,43?,44?,45?,46?,47?,48?,49?,50?,51?,55-,56+,57+,58-/m0/s1. The zero-order valence-corrected chi connectivity index (χ0v) is 48.8. The summed E-state index contributed by atoms with van der Waals surface area (Å²) in [6.45, 7) is 15.3. The number of fused-ring (bicyclic) bond motifs is 7. The molecule has 25 heteroatoms. The average molecular weight is 1190 g/mol. The van der Waals surface area contributed by atoms with Gasteiger partial charge in [0.1, 0.15) is 97.7 Å². The van der Waals surface area contributed by atoms with Gasteiger partial charge in [0, 0.05) is 0 Å². The molecule has 5 saturated heterocycles. The van der Waals surface area contributed by atoms with Crippen LogP contribution in [0.5, 0.6) is 0 Å². The van der Waals surface area contributed by atoms with Crippen molar-refractivity contribution >= 4 is 5.97 Å². The van der Waals surface area contributed by atoms with Crippen LogP contribution in [0.25, 0.3) is 0 Å². The second-order valence-corrected chi connectivity index (χ2v) is 28.2. The summed E-state index contributed by atoms with van der Waals surface area (Å²) in [5.41, 5.74) is -1.26. The third-order valence-electron chi connectivity index (χ3n) is 22.7. The Balaban J connectivity index is 0.860. The third kappa shape index (κ3) is 10.8. The molecule has 83 heavy (non-hydrogen) atoms. The number of hydrogen-bond donors (Lipinski definition) is 14. The van der Waals surface area contributed by atoms with Gasteiger partial charge >= 0.3 is 5.97 Å². The highest BCUT2D eigenvalue weighted by Gasteiger charge is 2.70. The third-order valence-corrected chi connectivity index (χ3v) is 22.7. The topological polar surface area (TPSA) is 393 Å². The molecule has 10 rings (SSSR count). The van der Waals surface area contributed by atoms with E-state index >= 15 is 4.79 Å². The second-order valence-electron chi connectivity index (χ2n) is 28.2. The van der Waals surface area contributed by atoms with E-state index in [1.807, 2.05) is 0 Å². The Hall–Kier alpha value is -1.71. The van der Waals surface area contributed by atoms with Crippen molar-refractivity contribution in [1.29, 1.82) is 0 Å². The number of carbonyl (C=O) groups excluding carboxylic acids is 1. The molecule has 0 aromatic heterocycles. The minimum Gasteiger partial charge on any atom is -0.432 e. The molecule has 476 valence electrons. The lowest BCUT2D eigenvalue weighted by atomic mass is 9.33. The summed E-state index contributed by atoms with van der Waals surface area (Å²) in [6, 6.07) is 0. The van der Waals surface area contributed by atoms with Gasteiger partial charge in [-0.25, -0.2) is 0 Å². The van der Waals surface area contributed by atoms with Crippen molar-refractivity contribution in [3.8, 4) is 0 Å². The van der Waals surface area contributed by atoms with Gasteiger partial charge in [-0.2, -0.15) is 0 Å². The highest BCUT2D eigenvalue weighted by atomic mass is 16.8. The van der Waals surface area contributed by atoms with E-state index in [1.165, 1.54) is 12.5 Å². The first kappa shape index (κ1) is 64.3.